The van der Waals surface area contributed by atoms with E-state index >= 15 is 0 Å². The first-order valence-electron chi connectivity index (χ1n) is 32.0. The van der Waals surface area contributed by atoms with Gasteiger partial charge < -0.3 is 27.2 Å². The second-order valence-electron chi connectivity index (χ2n) is 28.2. The highest BCUT2D eigenvalue weighted by Gasteiger charge is 2.57. The summed E-state index contributed by atoms with van der Waals surface area (Å²) in [6, 6.07) is 59.9. The summed E-state index contributed by atoms with van der Waals surface area (Å²) in [4.78, 5) is 0. The van der Waals surface area contributed by atoms with Crippen molar-refractivity contribution in [2.24, 2.45) is 0 Å². The maximum absolute atomic E-state index is 8.00. The lowest BCUT2D eigenvalue weighted by atomic mass is 9.69. The Hall–Kier alpha value is -4.77. The van der Waals surface area contributed by atoms with Gasteiger partial charge in [-0.05, 0) is 112 Å². The molecule has 1 unspecified atom stereocenters. The Bertz CT molecular complexity index is 3250. The average molecular weight is 1240 g/mol. The summed E-state index contributed by atoms with van der Waals surface area (Å²) in [5.41, 5.74) is 9.66. The Morgan fingerprint density at radius 3 is 1.26 bits per heavy atom. The van der Waals surface area contributed by atoms with Crippen LogP contribution in [-0.2, 0) is 39.9 Å². The molecule has 2 heterocycles. The second kappa shape index (κ2) is 27.0. The van der Waals surface area contributed by atoms with Crippen molar-refractivity contribution in [1.82, 2.24) is 0 Å². The molecule has 11 rings (SSSR count). The van der Waals surface area contributed by atoms with Crippen LogP contribution in [0.4, 0.5) is 0 Å². The van der Waals surface area contributed by atoms with Crippen molar-refractivity contribution in [3.05, 3.63) is 208 Å². The van der Waals surface area contributed by atoms with E-state index in [0.29, 0.717) is 6.42 Å². The molecule has 0 radical (unpaired) electrons. The van der Waals surface area contributed by atoms with Crippen LogP contribution >= 0.6 is 17.4 Å². The molecule has 5 atom stereocenters. The Morgan fingerprint density at radius 2 is 0.885 bits per heavy atom. The van der Waals surface area contributed by atoms with E-state index in [0.717, 1.165) is 42.5 Å². The third-order valence-corrected chi connectivity index (χ3v) is 31.9. The molecule has 4 aliphatic rings. The average Bonchev–Trinajstić information content (AvgIpc) is 1.42. The zero-order valence-electron chi connectivity index (χ0n) is 53.4. The molecule has 2 aliphatic heterocycles. The molecule has 7 aromatic carbocycles. The highest BCUT2D eigenvalue weighted by Crippen LogP contribution is 2.57. The predicted octanol–water partition coefficient (Wildman–Crippen LogP) is 17.2. The van der Waals surface area contributed by atoms with Gasteiger partial charge in [0.1, 0.15) is 35.9 Å². The first kappa shape index (κ1) is 65.2. The fourth-order valence-corrected chi connectivity index (χ4v) is 26.5. The van der Waals surface area contributed by atoms with E-state index < -0.39 is 49.7 Å². The van der Waals surface area contributed by atoms with Crippen LogP contribution in [0.1, 0.15) is 172 Å². The van der Waals surface area contributed by atoms with E-state index in [4.69, 9.17) is 31.7 Å². The Labute approximate surface area is 528 Å². The van der Waals surface area contributed by atoms with Gasteiger partial charge >= 0.3 is 8.60 Å². The molecule has 3 fully saturated rings. The van der Waals surface area contributed by atoms with Crippen LogP contribution in [0.25, 0.3) is 0 Å². The molecule has 2 saturated carbocycles. The van der Waals surface area contributed by atoms with Gasteiger partial charge in [0.2, 0.25) is 0 Å². The summed E-state index contributed by atoms with van der Waals surface area (Å²) in [6.45, 7) is 28.3. The molecule has 1 saturated heterocycles. The molecule has 0 spiro atoms. The van der Waals surface area contributed by atoms with Crippen molar-refractivity contribution >= 4 is 60.1 Å². The van der Waals surface area contributed by atoms with Crippen LogP contribution in [0.3, 0.4) is 0 Å². The molecule has 2 aliphatic carbocycles. The molecule has 0 amide bonds. The van der Waals surface area contributed by atoms with Gasteiger partial charge in [0.25, 0.3) is 16.6 Å². The summed E-state index contributed by atoms with van der Waals surface area (Å²) in [7, 11) is -8.44. The summed E-state index contributed by atoms with van der Waals surface area (Å²) >= 11 is 0. The summed E-state index contributed by atoms with van der Waals surface area (Å²) < 4.78 is 54.8. The number of benzene rings is 7. The number of aryl methyl sites for hydroxylation is 4. The highest BCUT2D eigenvalue weighted by atomic mass is 31.2. The third-order valence-electron chi connectivity index (χ3n) is 19.6. The Balaban J connectivity index is 0.00000838. The van der Waals surface area contributed by atoms with Gasteiger partial charge in [0, 0.05) is 31.7 Å². The van der Waals surface area contributed by atoms with Crippen LogP contribution in [0.5, 0.6) is 11.5 Å². The monoisotopic (exact) mass is 1240 g/mol. The number of ether oxygens (including phenoxy) is 1. The van der Waals surface area contributed by atoms with Crippen molar-refractivity contribution in [2.45, 2.75) is 206 Å². The highest BCUT2D eigenvalue weighted by molar-refractivity contribution is 7.42. The molecule has 0 bridgehead atoms. The summed E-state index contributed by atoms with van der Waals surface area (Å²) in [6.07, 6.45) is 9.78. The molecule has 87 heavy (non-hydrogen) atoms. The normalized spacial score (nSPS) is 20.8. The fraction of sp³-hybridized carbons (Fsp3) is 0.447. The van der Waals surface area contributed by atoms with Gasteiger partial charge in [-0.15, -0.1) is 0 Å². The van der Waals surface area contributed by atoms with Gasteiger partial charge in [0.15, 0.2) is 0 Å². The van der Waals surface area contributed by atoms with Gasteiger partial charge in [-0.1, -0.05) is 282 Å². The smallest absolute Gasteiger partial charge is 0.417 e. The van der Waals surface area contributed by atoms with E-state index in [-0.39, 0.29) is 50.4 Å². The Kier molecular flexibility index (Phi) is 20.2. The molecule has 11 heteroatoms. The number of hydrogen-bond acceptors (Lipinski definition) is 7. The minimum absolute atomic E-state index is 0. The maximum atomic E-state index is 8.00. The molecule has 7 nitrogen and oxygen atoms in total. The van der Waals surface area contributed by atoms with Crippen molar-refractivity contribution in [2.75, 3.05) is 13.2 Å². The van der Waals surface area contributed by atoms with Gasteiger partial charge in [-0.25, -0.2) is 0 Å². The zero-order valence-corrected chi connectivity index (χ0v) is 57.3. The number of hydrogen-bond donors (Lipinski definition) is 0. The Morgan fingerprint density at radius 1 is 0.494 bits per heavy atom. The SMILES string of the molecule is C.Cc1ccc(PO[C@H]2[C@H](OP3Oc4c(cc(C)cc4C4(C)CCCCC4)Cc4cc(C)cc(C5(C)CCCCC5)c4O3)[C@@H](CO[Si](c3ccccc3)(c3ccccc3)C(C)(C)C)O[C@@H]2CO[Si](c2ccccc2)(c2ccccc2)C(C)(C)C)c(C)c1. The van der Waals surface area contributed by atoms with Crippen LogP contribution in [0.15, 0.2) is 164 Å². The van der Waals surface area contributed by atoms with Gasteiger partial charge in [0.05, 0.1) is 13.2 Å². The molecular weight excluding hydrogens is 1140 g/mol. The van der Waals surface area contributed by atoms with Gasteiger partial charge in [-0.3, -0.25) is 4.52 Å². The van der Waals surface area contributed by atoms with E-state index in [9.17, 15) is 0 Å². The lowest BCUT2D eigenvalue weighted by Gasteiger charge is -2.44. The van der Waals surface area contributed by atoms with E-state index in [1.54, 1.807) is 0 Å². The summed E-state index contributed by atoms with van der Waals surface area (Å²) in [5.74, 6) is 1.81. The molecular formula is C76H98O7P2Si2. The third kappa shape index (κ3) is 13.4. The van der Waals surface area contributed by atoms with Crippen molar-refractivity contribution < 1.29 is 31.7 Å². The van der Waals surface area contributed by atoms with Crippen molar-refractivity contribution in [3.8, 4) is 11.5 Å². The van der Waals surface area contributed by atoms with E-state index in [1.165, 1.54) is 104 Å². The minimum atomic E-state index is -3.14. The fourth-order valence-electron chi connectivity index (χ4n) is 15.1. The maximum Gasteiger partial charge on any atom is 0.463 e. The standard InChI is InChI=1S/C75H94O7P2Si2.CH4/c1-53-39-40-67(56(4)45-53)83-79-70-65(51-76-85(72(5,6)7,59-31-19-13-20-32-59)60-33-21-14-22-34-60)78-66(52-77-86(73(8,9)10,61-35-23-15-24-36-61)62-37-25-16-26-38-62)71(70)82-84-80-68-57(46-54(2)48-63(68)74(11)41-27-17-28-42-74)50-58-47-55(3)49-64(69(58)81-84)75(12)43-29-18-30-44-75;/h13-16,19-26,31-40,45-49,65-66,70-71,83H,17-18,27-30,41-44,50-52H2,1-12H3;1H4/t65-,66-,70-,71-;/m1./s1. The largest absolute Gasteiger partial charge is 0.463 e. The number of fused-ring (bicyclic) bond motifs is 2. The van der Waals surface area contributed by atoms with Crippen LogP contribution in [0, 0.1) is 27.7 Å². The lowest BCUT2D eigenvalue weighted by molar-refractivity contribution is -0.0304. The molecule has 462 valence electrons. The van der Waals surface area contributed by atoms with Crippen LogP contribution < -0.4 is 35.1 Å². The first-order chi connectivity index (χ1) is 41.2. The molecule has 0 N–H and O–H groups in total. The number of rotatable bonds is 17. The molecule has 7 aromatic rings. The lowest BCUT2D eigenvalue weighted by Crippen LogP contribution is -2.67. The predicted molar refractivity (Wildman–Crippen MR) is 370 cm³/mol. The first-order valence-corrected chi connectivity index (χ1v) is 37.8. The second-order valence-corrected chi connectivity index (χ2v) is 38.8. The van der Waals surface area contributed by atoms with Crippen LogP contribution in [-0.4, -0.2) is 54.3 Å². The van der Waals surface area contributed by atoms with E-state index in [2.05, 4.69) is 247 Å². The van der Waals surface area contributed by atoms with Gasteiger partial charge in [-0.2, -0.15) is 0 Å². The molecule has 0 aromatic heterocycles. The topological polar surface area (TPSA) is 64.6 Å². The van der Waals surface area contributed by atoms with Crippen molar-refractivity contribution in [1.29, 1.82) is 0 Å². The quantitative estimate of drug-likeness (QED) is 0.0665. The minimum Gasteiger partial charge on any atom is -0.417 e. The zero-order chi connectivity index (χ0) is 60.5. The van der Waals surface area contributed by atoms with E-state index in [1.807, 2.05) is 0 Å². The van der Waals surface area contributed by atoms with Crippen molar-refractivity contribution in [3.63, 3.8) is 0 Å². The van der Waals surface area contributed by atoms with Crippen LogP contribution in [0.2, 0.25) is 10.1 Å². The summed E-state index contributed by atoms with van der Waals surface area (Å²) in [5, 5.41) is 5.37.